The van der Waals surface area contributed by atoms with Crippen LogP contribution in [0.15, 0.2) is 11.6 Å². The van der Waals surface area contributed by atoms with Gasteiger partial charge in [-0.2, -0.15) is 11.8 Å². The third-order valence-electron chi connectivity index (χ3n) is 3.62. The van der Waals surface area contributed by atoms with E-state index in [1.54, 1.807) is 0 Å². The van der Waals surface area contributed by atoms with Gasteiger partial charge in [0, 0.05) is 0 Å². The molecule has 1 aliphatic heterocycles. The molecule has 0 aromatic carbocycles. The van der Waals surface area contributed by atoms with Gasteiger partial charge in [-0.3, -0.25) is 0 Å². The fourth-order valence-electron chi connectivity index (χ4n) is 2.59. The molecule has 0 radical (unpaired) electrons. The van der Waals surface area contributed by atoms with Gasteiger partial charge in [-0.1, -0.05) is 18.9 Å². The average molecular weight is 226 g/mol. The number of aliphatic hydroxyl groups excluding tert-OH is 1. The van der Waals surface area contributed by atoms with Crippen molar-refractivity contribution in [2.75, 3.05) is 11.5 Å². The third-order valence-corrected chi connectivity index (χ3v) is 4.81. The molecule has 15 heavy (non-hydrogen) atoms. The van der Waals surface area contributed by atoms with Crippen LogP contribution in [0.2, 0.25) is 0 Å². The average Bonchev–Trinajstić information content (AvgIpc) is 2.68. The minimum absolute atomic E-state index is 0.127. The van der Waals surface area contributed by atoms with Crippen molar-refractivity contribution in [1.82, 2.24) is 0 Å². The molecule has 2 atom stereocenters. The maximum atomic E-state index is 10.3. The van der Waals surface area contributed by atoms with Crippen molar-refractivity contribution in [3.8, 4) is 0 Å². The molecule has 0 amide bonds. The maximum absolute atomic E-state index is 10.3. The lowest BCUT2D eigenvalue weighted by Gasteiger charge is -2.22. The third kappa shape index (κ3) is 3.25. The topological polar surface area (TPSA) is 20.2 Å². The van der Waals surface area contributed by atoms with E-state index in [4.69, 9.17) is 0 Å². The number of rotatable bonds is 2. The van der Waals surface area contributed by atoms with Gasteiger partial charge >= 0.3 is 0 Å². The highest BCUT2D eigenvalue weighted by Gasteiger charge is 2.26. The molecule has 86 valence electrons. The molecule has 2 aliphatic rings. The number of hydrogen-bond donors (Lipinski definition) is 1. The molecule has 2 rings (SSSR count). The van der Waals surface area contributed by atoms with Crippen LogP contribution in [0.1, 0.15) is 44.9 Å². The van der Waals surface area contributed by atoms with Crippen LogP contribution < -0.4 is 0 Å². The van der Waals surface area contributed by atoms with Crippen LogP contribution in [0.3, 0.4) is 0 Å². The Morgan fingerprint density at radius 2 is 2.13 bits per heavy atom. The highest BCUT2D eigenvalue weighted by Crippen LogP contribution is 2.31. The predicted octanol–water partition coefficient (Wildman–Crippen LogP) is 3.38. The van der Waals surface area contributed by atoms with Gasteiger partial charge in [0.1, 0.15) is 0 Å². The second-order valence-corrected chi connectivity index (χ2v) is 5.95. The van der Waals surface area contributed by atoms with Gasteiger partial charge in [0.15, 0.2) is 0 Å². The van der Waals surface area contributed by atoms with Crippen LogP contribution >= 0.6 is 11.8 Å². The van der Waals surface area contributed by atoms with Gasteiger partial charge in [0.05, 0.1) is 6.10 Å². The van der Waals surface area contributed by atoms with Crippen molar-refractivity contribution >= 4 is 11.8 Å². The smallest absolute Gasteiger partial charge is 0.0786 e. The second kappa shape index (κ2) is 5.95. The highest BCUT2D eigenvalue weighted by atomic mass is 32.2. The fourth-order valence-corrected chi connectivity index (χ4v) is 3.88. The first kappa shape index (κ1) is 11.5. The lowest BCUT2D eigenvalue weighted by molar-refractivity contribution is 0.149. The highest BCUT2D eigenvalue weighted by molar-refractivity contribution is 7.99. The van der Waals surface area contributed by atoms with Gasteiger partial charge in [0.2, 0.25) is 0 Å². The standard InChI is InChI=1S/C13H22OS/c14-13(12-8-9-15-10-12)11-6-4-2-1-3-5-7-11/h6,12-14H,1-5,7-10H2. The monoisotopic (exact) mass is 226 g/mol. The van der Waals surface area contributed by atoms with E-state index in [0.29, 0.717) is 5.92 Å². The number of allylic oxidation sites excluding steroid dienone is 1. The summed E-state index contributed by atoms with van der Waals surface area (Å²) in [6, 6.07) is 0. The number of thioether (sulfide) groups is 1. The van der Waals surface area contributed by atoms with Crippen molar-refractivity contribution in [3.63, 3.8) is 0 Å². The molecule has 1 N–H and O–H groups in total. The Morgan fingerprint density at radius 1 is 1.27 bits per heavy atom. The van der Waals surface area contributed by atoms with Crippen molar-refractivity contribution < 1.29 is 5.11 Å². The molecule has 2 heteroatoms. The summed E-state index contributed by atoms with van der Waals surface area (Å²) in [5.74, 6) is 2.95. The minimum atomic E-state index is -0.127. The summed E-state index contributed by atoms with van der Waals surface area (Å²) in [7, 11) is 0. The summed E-state index contributed by atoms with van der Waals surface area (Å²) in [6.45, 7) is 0. The SMILES string of the molecule is OC(C1=CCCCCCC1)C1CCSC1. The number of hydrogen-bond acceptors (Lipinski definition) is 2. The van der Waals surface area contributed by atoms with Crippen LogP contribution in [0, 0.1) is 5.92 Å². The number of aliphatic hydroxyl groups is 1. The summed E-state index contributed by atoms with van der Waals surface area (Å²) >= 11 is 2.00. The normalized spacial score (nSPS) is 30.5. The zero-order valence-corrected chi connectivity index (χ0v) is 10.3. The van der Waals surface area contributed by atoms with Gasteiger partial charge in [-0.15, -0.1) is 0 Å². The molecule has 0 saturated carbocycles. The van der Waals surface area contributed by atoms with E-state index in [-0.39, 0.29) is 6.10 Å². The fraction of sp³-hybridized carbons (Fsp3) is 0.846. The first-order chi connectivity index (χ1) is 7.38. The van der Waals surface area contributed by atoms with Crippen molar-refractivity contribution in [3.05, 3.63) is 11.6 Å². The van der Waals surface area contributed by atoms with Crippen LogP contribution in [0.25, 0.3) is 0 Å². The van der Waals surface area contributed by atoms with Crippen molar-refractivity contribution in [2.45, 2.75) is 51.0 Å². The molecule has 1 heterocycles. The molecule has 1 nitrogen and oxygen atoms in total. The molecular weight excluding hydrogens is 204 g/mol. The van der Waals surface area contributed by atoms with E-state index in [1.807, 2.05) is 11.8 Å². The molecule has 1 aliphatic carbocycles. The quantitative estimate of drug-likeness (QED) is 0.728. The van der Waals surface area contributed by atoms with Crippen LogP contribution in [0.5, 0.6) is 0 Å². The Balaban J connectivity index is 1.93. The lowest BCUT2D eigenvalue weighted by atomic mass is 9.89. The zero-order valence-electron chi connectivity index (χ0n) is 9.45. The van der Waals surface area contributed by atoms with Gasteiger partial charge in [-0.25, -0.2) is 0 Å². The summed E-state index contributed by atoms with van der Waals surface area (Å²) in [6.07, 6.45) is 11.1. The second-order valence-electron chi connectivity index (χ2n) is 4.80. The van der Waals surface area contributed by atoms with Crippen LogP contribution in [-0.4, -0.2) is 22.7 Å². The summed E-state index contributed by atoms with van der Waals surface area (Å²) in [5.41, 5.74) is 1.35. The van der Waals surface area contributed by atoms with E-state index in [9.17, 15) is 5.11 Å². The van der Waals surface area contributed by atoms with E-state index in [2.05, 4.69) is 6.08 Å². The van der Waals surface area contributed by atoms with E-state index in [1.165, 1.54) is 55.6 Å². The predicted molar refractivity (Wildman–Crippen MR) is 67.2 cm³/mol. The van der Waals surface area contributed by atoms with Gasteiger partial charge < -0.3 is 5.11 Å². The summed E-state index contributed by atoms with van der Waals surface area (Å²) in [5, 5.41) is 10.3. The maximum Gasteiger partial charge on any atom is 0.0786 e. The van der Waals surface area contributed by atoms with E-state index >= 15 is 0 Å². The first-order valence-corrected chi connectivity index (χ1v) is 7.48. The Hall–Kier alpha value is 0.0500. The van der Waals surface area contributed by atoms with Crippen molar-refractivity contribution in [2.24, 2.45) is 5.92 Å². The lowest BCUT2D eigenvalue weighted by Crippen LogP contribution is -2.22. The van der Waals surface area contributed by atoms with Crippen LogP contribution in [0.4, 0.5) is 0 Å². The summed E-state index contributed by atoms with van der Waals surface area (Å²) < 4.78 is 0. The molecule has 1 fully saturated rings. The Labute approximate surface area is 97.3 Å². The molecule has 0 aromatic rings. The summed E-state index contributed by atoms with van der Waals surface area (Å²) in [4.78, 5) is 0. The van der Waals surface area contributed by atoms with E-state index in [0.717, 1.165) is 6.42 Å². The molecule has 0 spiro atoms. The molecular formula is C13H22OS. The Bertz CT molecular complexity index is 219. The van der Waals surface area contributed by atoms with E-state index < -0.39 is 0 Å². The Morgan fingerprint density at radius 3 is 2.93 bits per heavy atom. The Kier molecular flexibility index (Phi) is 4.58. The molecule has 0 aromatic heterocycles. The first-order valence-electron chi connectivity index (χ1n) is 6.32. The molecule has 2 unspecified atom stereocenters. The van der Waals surface area contributed by atoms with Gasteiger partial charge in [-0.05, 0) is 55.1 Å². The van der Waals surface area contributed by atoms with Gasteiger partial charge in [0.25, 0.3) is 0 Å². The van der Waals surface area contributed by atoms with Crippen molar-refractivity contribution in [1.29, 1.82) is 0 Å². The minimum Gasteiger partial charge on any atom is -0.388 e. The van der Waals surface area contributed by atoms with Crippen LogP contribution in [-0.2, 0) is 0 Å². The molecule has 0 bridgehead atoms. The molecule has 1 saturated heterocycles. The largest absolute Gasteiger partial charge is 0.388 e. The zero-order chi connectivity index (χ0) is 10.5.